The van der Waals surface area contributed by atoms with Crippen molar-refractivity contribution < 1.29 is 28.6 Å². The third-order valence-electron chi connectivity index (χ3n) is 12.3. The molecule has 0 saturated carbocycles. The molecule has 0 fully saturated rings. The molecule has 0 aliphatic heterocycles. The van der Waals surface area contributed by atoms with Crippen molar-refractivity contribution in [2.24, 2.45) is 5.92 Å². The lowest BCUT2D eigenvalue weighted by molar-refractivity contribution is -0.167. The van der Waals surface area contributed by atoms with E-state index in [1.54, 1.807) is 0 Å². The Bertz CT molecular complexity index is 903. The number of hydrogen-bond acceptors (Lipinski definition) is 6. The quantitative estimate of drug-likeness (QED) is 0.0345. The van der Waals surface area contributed by atoms with E-state index in [2.05, 4.69) is 27.7 Å². The molecule has 0 aliphatic carbocycles. The van der Waals surface area contributed by atoms with Crippen LogP contribution in [0.15, 0.2) is 0 Å². The molecule has 0 amide bonds. The molecule has 6 nitrogen and oxygen atoms in total. The minimum Gasteiger partial charge on any atom is -0.462 e. The van der Waals surface area contributed by atoms with Gasteiger partial charge in [-0.3, -0.25) is 14.4 Å². The number of unbranched alkanes of at least 4 members (excludes halogenated alkanes) is 36. The second-order valence-corrected chi connectivity index (χ2v) is 19.0. The summed E-state index contributed by atoms with van der Waals surface area (Å²) in [4.78, 5) is 37.7. The maximum absolute atomic E-state index is 12.7. The van der Waals surface area contributed by atoms with Crippen molar-refractivity contribution in [3.05, 3.63) is 0 Å². The zero-order chi connectivity index (χ0) is 43.8. The van der Waals surface area contributed by atoms with Crippen molar-refractivity contribution in [2.45, 2.75) is 310 Å². The van der Waals surface area contributed by atoms with Gasteiger partial charge in [-0.1, -0.05) is 265 Å². The van der Waals surface area contributed by atoms with Gasteiger partial charge in [-0.05, 0) is 25.2 Å². The van der Waals surface area contributed by atoms with Crippen molar-refractivity contribution in [1.29, 1.82) is 0 Å². The summed E-state index contributed by atoms with van der Waals surface area (Å²) in [6, 6.07) is 0. The maximum atomic E-state index is 12.7. The van der Waals surface area contributed by atoms with Gasteiger partial charge in [0.2, 0.25) is 0 Å². The third kappa shape index (κ3) is 47.5. The lowest BCUT2D eigenvalue weighted by Crippen LogP contribution is -2.30. The minimum atomic E-state index is -0.759. The summed E-state index contributed by atoms with van der Waals surface area (Å²) < 4.78 is 16.7. The summed E-state index contributed by atoms with van der Waals surface area (Å²) in [5, 5.41) is 0. The second kappa shape index (κ2) is 48.4. The predicted octanol–water partition coefficient (Wildman–Crippen LogP) is 17.5. The Morgan fingerprint density at radius 2 is 0.550 bits per heavy atom. The lowest BCUT2D eigenvalue weighted by Gasteiger charge is -2.18. The molecule has 6 heteroatoms. The summed E-state index contributed by atoms with van der Waals surface area (Å²) in [6.07, 6.45) is 51.3. The molecule has 0 spiro atoms. The van der Waals surface area contributed by atoms with Crippen LogP contribution in [-0.2, 0) is 28.6 Å². The smallest absolute Gasteiger partial charge is 0.306 e. The molecule has 0 heterocycles. The van der Waals surface area contributed by atoms with Gasteiger partial charge in [0.1, 0.15) is 13.2 Å². The fourth-order valence-corrected chi connectivity index (χ4v) is 8.22. The van der Waals surface area contributed by atoms with Crippen LogP contribution in [0.2, 0.25) is 0 Å². The molecular formula is C54H104O6. The van der Waals surface area contributed by atoms with Crippen LogP contribution in [0, 0.1) is 5.92 Å². The van der Waals surface area contributed by atoms with Crippen molar-refractivity contribution in [3.63, 3.8) is 0 Å². The first-order valence-corrected chi connectivity index (χ1v) is 26.9. The second-order valence-electron chi connectivity index (χ2n) is 19.0. The molecule has 356 valence electrons. The number of hydrogen-bond donors (Lipinski definition) is 0. The maximum Gasteiger partial charge on any atom is 0.306 e. The molecule has 0 unspecified atom stereocenters. The SMILES string of the molecule is CCCCCCCCCCCCCCCCCCCCCC(=O)OC[C@H](COC(=O)CCCCCCC)OC(=O)CCCCCCCCCCCCCCCCCC(C)C. The van der Waals surface area contributed by atoms with Gasteiger partial charge in [0.15, 0.2) is 6.10 Å². The van der Waals surface area contributed by atoms with Gasteiger partial charge in [0.25, 0.3) is 0 Å². The van der Waals surface area contributed by atoms with Crippen molar-refractivity contribution in [3.8, 4) is 0 Å². The zero-order valence-electron chi connectivity index (χ0n) is 40.9. The van der Waals surface area contributed by atoms with Crippen LogP contribution in [0.3, 0.4) is 0 Å². The molecular weight excluding hydrogens is 745 g/mol. The van der Waals surface area contributed by atoms with Gasteiger partial charge in [-0.25, -0.2) is 0 Å². The topological polar surface area (TPSA) is 78.9 Å². The minimum absolute atomic E-state index is 0.0636. The van der Waals surface area contributed by atoms with Crippen LogP contribution >= 0.6 is 0 Å². The molecule has 60 heavy (non-hydrogen) atoms. The van der Waals surface area contributed by atoms with Crippen LogP contribution < -0.4 is 0 Å². The van der Waals surface area contributed by atoms with Gasteiger partial charge >= 0.3 is 17.9 Å². The molecule has 0 N–H and O–H groups in total. The van der Waals surface area contributed by atoms with Crippen molar-refractivity contribution >= 4 is 17.9 Å². The molecule has 1 atom stereocenters. The van der Waals surface area contributed by atoms with E-state index in [9.17, 15) is 14.4 Å². The molecule has 0 aromatic carbocycles. The van der Waals surface area contributed by atoms with Crippen LogP contribution in [0.4, 0.5) is 0 Å². The van der Waals surface area contributed by atoms with E-state index in [1.807, 2.05) is 0 Å². The predicted molar refractivity (Wildman–Crippen MR) is 257 cm³/mol. The highest BCUT2D eigenvalue weighted by Gasteiger charge is 2.19. The number of carbonyl (C=O) groups is 3. The largest absolute Gasteiger partial charge is 0.462 e. The number of esters is 3. The van der Waals surface area contributed by atoms with Gasteiger partial charge in [0, 0.05) is 19.3 Å². The van der Waals surface area contributed by atoms with E-state index in [0.717, 1.165) is 70.1 Å². The summed E-state index contributed by atoms with van der Waals surface area (Å²) in [5.41, 5.74) is 0. The van der Waals surface area contributed by atoms with Crippen molar-refractivity contribution in [2.75, 3.05) is 13.2 Å². The van der Waals surface area contributed by atoms with Crippen LogP contribution in [0.5, 0.6) is 0 Å². The van der Waals surface area contributed by atoms with Gasteiger partial charge in [-0.2, -0.15) is 0 Å². The third-order valence-corrected chi connectivity index (χ3v) is 12.3. The van der Waals surface area contributed by atoms with E-state index < -0.39 is 6.10 Å². The standard InChI is InChI=1S/C54H104O6/c1-5-7-9-11-12-13-14-15-16-17-18-19-22-25-28-31-34-38-42-46-53(56)59-49-51(48-58-52(55)45-41-36-10-8-6-2)60-54(57)47-43-39-35-32-29-26-23-20-21-24-27-30-33-37-40-44-50(3)4/h50-51H,5-49H2,1-4H3/t51-/m0/s1. The zero-order valence-corrected chi connectivity index (χ0v) is 40.9. The van der Waals surface area contributed by atoms with Crippen LogP contribution in [0.1, 0.15) is 304 Å². The highest BCUT2D eigenvalue weighted by molar-refractivity contribution is 5.71. The molecule has 0 aliphatic rings. The Morgan fingerprint density at radius 3 is 0.817 bits per heavy atom. The Morgan fingerprint density at radius 1 is 0.317 bits per heavy atom. The number of carbonyl (C=O) groups excluding carboxylic acids is 3. The van der Waals surface area contributed by atoms with Gasteiger partial charge in [-0.15, -0.1) is 0 Å². The Hall–Kier alpha value is -1.59. The molecule has 0 aromatic heterocycles. The van der Waals surface area contributed by atoms with E-state index in [-0.39, 0.29) is 31.1 Å². The molecule has 0 aromatic rings. The molecule has 0 saturated heterocycles. The first-order valence-electron chi connectivity index (χ1n) is 26.9. The fourth-order valence-electron chi connectivity index (χ4n) is 8.22. The Labute approximate surface area is 374 Å². The monoisotopic (exact) mass is 849 g/mol. The van der Waals surface area contributed by atoms with Crippen molar-refractivity contribution in [1.82, 2.24) is 0 Å². The average Bonchev–Trinajstić information content (AvgIpc) is 3.23. The number of rotatable bonds is 49. The van der Waals surface area contributed by atoms with Gasteiger partial charge < -0.3 is 14.2 Å². The molecule has 0 rings (SSSR count). The van der Waals surface area contributed by atoms with Crippen LogP contribution in [0.25, 0.3) is 0 Å². The van der Waals surface area contributed by atoms with E-state index in [4.69, 9.17) is 14.2 Å². The summed E-state index contributed by atoms with van der Waals surface area (Å²) >= 11 is 0. The van der Waals surface area contributed by atoms with Gasteiger partial charge in [0.05, 0.1) is 0 Å². The lowest BCUT2D eigenvalue weighted by atomic mass is 10.0. The molecule has 0 bridgehead atoms. The first-order chi connectivity index (χ1) is 29.4. The Balaban J connectivity index is 4.07. The first kappa shape index (κ1) is 58.4. The highest BCUT2D eigenvalue weighted by atomic mass is 16.6. The van der Waals surface area contributed by atoms with E-state index in [0.29, 0.717) is 19.3 Å². The van der Waals surface area contributed by atoms with E-state index in [1.165, 1.54) is 193 Å². The fraction of sp³-hybridized carbons (Fsp3) is 0.944. The Kier molecular flexibility index (Phi) is 47.2. The van der Waals surface area contributed by atoms with Crippen LogP contribution in [-0.4, -0.2) is 37.2 Å². The highest BCUT2D eigenvalue weighted by Crippen LogP contribution is 2.17. The summed E-state index contributed by atoms with van der Waals surface area (Å²) in [7, 11) is 0. The summed E-state index contributed by atoms with van der Waals surface area (Å²) in [5.74, 6) is -0.00900. The molecule has 0 radical (unpaired) electrons. The number of ether oxygens (including phenoxy) is 3. The average molecular weight is 849 g/mol. The summed E-state index contributed by atoms with van der Waals surface area (Å²) in [6.45, 7) is 8.97. The normalized spacial score (nSPS) is 11.9. The van der Waals surface area contributed by atoms with E-state index >= 15 is 0 Å².